The predicted octanol–water partition coefficient (Wildman–Crippen LogP) is 0.854. The summed E-state index contributed by atoms with van der Waals surface area (Å²) < 4.78 is 4.89. The van der Waals surface area contributed by atoms with Gasteiger partial charge in [-0.2, -0.15) is 0 Å². The number of nitrogens with zero attached hydrogens (tertiary/aromatic N) is 1. The zero-order valence-corrected chi connectivity index (χ0v) is 9.78. The van der Waals surface area contributed by atoms with Crippen molar-refractivity contribution < 1.29 is 14.6 Å². The van der Waals surface area contributed by atoms with Crippen molar-refractivity contribution in [1.29, 1.82) is 0 Å². The van der Waals surface area contributed by atoms with Crippen LogP contribution in [0.5, 0.6) is 5.88 Å². The van der Waals surface area contributed by atoms with Crippen molar-refractivity contribution in [3.8, 4) is 5.88 Å². The Labute approximate surface area is 98.4 Å². The van der Waals surface area contributed by atoms with Gasteiger partial charge in [0.2, 0.25) is 5.88 Å². The lowest BCUT2D eigenvalue weighted by Crippen LogP contribution is -2.30. The van der Waals surface area contributed by atoms with E-state index in [-0.39, 0.29) is 23.5 Å². The second-order valence-corrected chi connectivity index (χ2v) is 3.67. The summed E-state index contributed by atoms with van der Waals surface area (Å²) in [4.78, 5) is 15.4. The van der Waals surface area contributed by atoms with Gasteiger partial charge in [0.25, 0.3) is 5.91 Å². The summed E-state index contributed by atoms with van der Waals surface area (Å²) in [6.07, 6.45) is -0.594. The quantitative estimate of drug-likeness (QED) is 0.771. The number of halogens is 1. The molecule has 6 heteroatoms. The summed E-state index contributed by atoms with van der Waals surface area (Å²) >= 11 is 5.72. The smallest absolute Gasteiger partial charge is 0.251 e. The predicted molar refractivity (Wildman–Crippen MR) is 59.8 cm³/mol. The highest BCUT2D eigenvalue weighted by atomic mass is 35.5. The number of hydrogen-bond donors (Lipinski definition) is 2. The second-order valence-electron chi connectivity index (χ2n) is 3.28. The SMILES string of the molecule is COc1cc(C(=O)NCC(C)O)cc(Cl)n1. The Hall–Kier alpha value is -1.33. The first kappa shape index (κ1) is 12.7. The molecule has 5 nitrogen and oxygen atoms in total. The molecular weight excluding hydrogens is 232 g/mol. The van der Waals surface area contributed by atoms with E-state index in [1.807, 2.05) is 0 Å². The van der Waals surface area contributed by atoms with E-state index in [2.05, 4.69) is 10.3 Å². The normalized spacial score (nSPS) is 12.0. The summed E-state index contributed by atoms with van der Waals surface area (Å²) in [5, 5.41) is 11.8. The first-order valence-electron chi connectivity index (χ1n) is 4.70. The standard InChI is InChI=1S/C10H13ClN2O3/c1-6(14)5-12-10(15)7-3-8(11)13-9(4-7)16-2/h3-4,6,14H,5H2,1-2H3,(H,12,15). The van der Waals surface area contributed by atoms with Crippen LogP contribution in [-0.2, 0) is 0 Å². The molecule has 0 aliphatic heterocycles. The maximum atomic E-state index is 11.6. The number of carbonyl (C=O) groups excluding carboxylic acids is 1. The lowest BCUT2D eigenvalue weighted by molar-refractivity contribution is 0.0923. The molecule has 0 aliphatic carbocycles. The van der Waals surface area contributed by atoms with Crippen molar-refractivity contribution in [3.63, 3.8) is 0 Å². The van der Waals surface area contributed by atoms with Crippen LogP contribution < -0.4 is 10.1 Å². The molecule has 1 atom stereocenters. The third-order valence-electron chi connectivity index (χ3n) is 1.80. The van der Waals surface area contributed by atoms with Crippen LogP contribution in [-0.4, -0.2) is 35.8 Å². The van der Waals surface area contributed by atoms with E-state index in [0.717, 1.165) is 0 Å². The molecule has 1 heterocycles. The number of pyridine rings is 1. The summed E-state index contributed by atoms with van der Waals surface area (Å²) in [7, 11) is 1.44. The number of rotatable bonds is 4. The maximum absolute atomic E-state index is 11.6. The fourth-order valence-corrected chi connectivity index (χ4v) is 1.25. The first-order valence-corrected chi connectivity index (χ1v) is 5.08. The molecule has 0 saturated heterocycles. The first-order chi connectivity index (χ1) is 7.52. The highest BCUT2D eigenvalue weighted by Crippen LogP contribution is 2.15. The third-order valence-corrected chi connectivity index (χ3v) is 1.99. The van der Waals surface area contributed by atoms with E-state index in [1.165, 1.54) is 19.2 Å². The highest BCUT2D eigenvalue weighted by Gasteiger charge is 2.09. The average Bonchev–Trinajstić information content (AvgIpc) is 2.24. The fraction of sp³-hybridized carbons (Fsp3) is 0.400. The molecule has 0 aromatic carbocycles. The lowest BCUT2D eigenvalue weighted by atomic mass is 10.2. The number of nitrogens with one attached hydrogen (secondary N) is 1. The van der Waals surface area contributed by atoms with Crippen LogP contribution in [0, 0.1) is 0 Å². The van der Waals surface area contributed by atoms with Crippen molar-refractivity contribution in [2.24, 2.45) is 0 Å². The Kier molecular flexibility index (Phi) is 4.52. The highest BCUT2D eigenvalue weighted by molar-refractivity contribution is 6.29. The molecule has 0 bridgehead atoms. The van der Waals surface area contributed by atoms with Crippen LogP contribution in [0.25, 0.3) is 0 Å². The van der Waals surface area contributed by atoms with Crippen LogP contribution in [0.2, 0.25) is 5.15 Å². The lowest BCUT2D eigenvalue weighted by Gasteiger charge is -2.08. The molecule has 1 aromatic heterocycles. The average molecular weight is 245 g/mol. The van der Waals surface area contributed by atoms with Crippen molar-refractivity contribution in [2.75, 3.05) is 13.7 Å². The van der Waals surface area contributed by atoms with Crippen molar-refractivity contribution in [1.82, 2.24) is 10.3 Å². The Bertz CT molecular complexity index is 382. The molecule has 2 N–H and O–H groups in total. The number of aromatic nitrogens is 1. The largest absolute Gasteiger partial charge is 0.481 e. The number of aliphatic hydroxyl groups excluding tert-OH is 1. The number of aliphatic hydroxyl groups is 1. The number of methoxy groups -OCH3 is 1. The van der Waals surface area contributed by atoms with Gasteiger partial charge in [0.15, 0.2) is 0 Å². The van der Waals surface area contributed by atoms with E-state index < -0.39 is 6.10 Å². The molecular formula is C10H13ClN2O3. The number of carbonyl (C=O) groups is 1. The molecule has 0 fully saturated rings. The summed E-state index contributed by atoms with van der Waals surface area (Å²) in [6, 6.07) is 2.91. The number of ether oxygens (including phenoxy) is 1. The topological polar surface area (TPSA) is 71.5 Å². The molecule has 0 saturated carbocycles. The fourth-order valence-electron chi connectivity index (χ4n) is 1.05. The third kappa shape index (κ3) is 3.67. The minimum Gasteiger partial charge on any atom is -0.481 e. The van der Waals surface area contributed by atoms with Crippen molar-refractivity contribution in [2.45, 2.75) is 13.0 Å². The van der Waals surface area contributed by atoms with Gasteiger partial charge in [-0.1, -0.05) is 11.6 Å². The molecule has 0 spiro atoms. The molecule has 1 aromatic rings. The molecule has 1 rings (SSSR count). The molecule has 16 heavy (non-hydrogen) atoms. The van der Waals surface area contributed by atoms with Gasteiger partial charge in [-0.15, -0.1) is 0 Å². The van der Waals surface area contributed by atoms with Gasteiger partial charge in [0.1, 0.15) is 5.15 Å². The number of amides is 1. The van der Waals surface area contributed by atoms with E-state index in [9.17, 15) is 4.79 Å². The van der Waals surface area contributed by atoms with Crippen LogP contribution in [0.3, 0.4) is 0 Å². The number of hydrogen-bond acceptors (Lipinski definition) is 4. The Morgan fingerprint density at radius 2 is 2.38 bits per heavy atom. The monoisotopic (exact) mass is 244 g/mol. The zero-order valence-electron chi connectivity index (χ0n) is 9.03. The Morgan fingerprint density at radius 1 is 1.69 bits per heavy atom. The Balaban J connectivity index is 2.78. The Morgan fingerprint density at radius 3 is 2.94 bits per heavy atom. The van der Waals surface area contributed by atoms with E-state index in [0.29, 0.717) is 5.56 Å². The zero-order chi connectivity index (χ0) is 12.1. The van der Waals surface area contributed by atoms with Crippen LogP contribution >= 0.6 is 11.6 Å². The molecule has 1 amide bonds. The van der Waals surface area contributed by atoms with Gasteiger partial charge in [0, 0.05) is 18.2 Å². The van der Waals surface area contributed by atoms with Gasteiger partial charge >= 0.3 is 0 Å². The molecule has 0 aliphatic rings. The van der Waals surface area contributed by atoms with E-state index >= 15 is 0 Å². The van der Waals surface area contributed by atoms with E-state index in [1.54, 1.807) is 6.92 Å². The van der Waals surface area contributed by atoms with Crippen molar-refractivity contribution >= 4 is 17.5 Å². The summed E-state index contributed by atoms with van der Waals surface area (Å²) in [5.74, 6) is -0.0572. The molecule has 0 radical (unpaired) electrons. The summed E-state index contributed by atoms with van der Waals surface area (Å²) in [6.45, 7) is 1.77. The minimum absolute atomic E-state index is 0.182. The van der Waals surface area contributed by atoms with Crippen molar-refractivity contribution in [3.05, 3.63) is 22.8 Å². The second kappa shape index (κ2) is 5.67. The van der Waals surface area contributed by atoms with Gasteiger partial charge in [-0.25, -0.2) is 4.98 Å². The minimum atomic E-state index is -0.594. The van der Waals surface area contributed by atoms with Crippen LogP contribution in [0.1, 0.15) is 17.3 Å². The van der Waals surface area contributed by atoms with Gasteiger partial charge < -0.3 is 15.2 Å². The molecule has 1 unspecified atom stereocenters. The van der Waals surface area contributed by atoms with Crippen LogP contribution in [0.15, 0.2) is 12.1 Å². The van der Waals surface area contributed by atoms with E-state index in [4.69, 9.17) is 21.4 Å². The van der Waals surface area contributed by atoms with Gasteiger partial charge in [-0.3, -0.25) is 4.79 Å². The van der Waals surface area contributed by atoms with Gasteiger partial charge in [-0.05, 0) is 13.0 Å². The van der Waals surface area contributed by atoms with Crippen LogP contribution in [0.4, 0.5) is 0 Å². The van der Waals surface area contributed by atoms with Gasteiger partial charge in [0.05, 0.1) is 13.2 Å². The summed E-state index contributed by atoms with van der Waals surface area (Å²) in [5.41, 5.74) is 0.345. The molecule has 88 valence electrons. The maximum Gasteiger partial charge on any atom is 0.251 e.